The van der Waals surface area contributed by atoms with Crippen LogP contribution in [0.5, 0.6) is 0 Å². The van der Waals surface area contributed by atoms with Crippen molar-refractivity contribution in [2.75, 3.05) is 26.2 Å². The van der Waals surface area contributed by atoms with Gasteiger partial charge in [0, 0.05) is 25.6 Å². The van der Waals surface area contributed by atoms with Crippen LogP contribution < -0.4 is 5.32 Å². The fourth-order valence-corrected chi connectivity index (χ4v) is 8.92. The number of likely N-dealkylation sites (N-methyl/N-ethyl adjacent to an activating group) is 2. The van der Waals surface area contributed by atoms with Gasteiger partial charge < -0.3 is 15.3 Å². The Labute approximate surface area is 207 Å². The fourth-order valence-electron chi connectivity index (χ4n) is 8.92. The zero-order valence-corrected chi connectivity index (χ0v) is 22.3. The van der Waals surface area contributed by atoms with E-state index in [1.165, 1.54) is 38.5 Å². The first-order chi connectivity index (χ1) is 16.2. The molecule has 2 N–H and O–H groups in total. The van der Waals surface area contributed by atoms with E-state index in [-0.39, 0.29) is 17.6 Å². The average molecular weight is 476 g/mol. The van der Waals surface area contributed by atoms with E-state index in [4.69, 9.17) is 4.84 Å². The first kappa shape index (κ1) is 25.9. The summed E-state index contributed by atoms with van der Waals surface area (Å²) in [5.41, 5.74) is 1.67. The predicted octanol–water partition coefficient (Wildman–Crippen LogP) is 5.45. The van der Waals surface area contributed by atoms with Crippen molar-refractivity contribution in [3.8, 4) is 0 Å². The van der Waals surface area contributed by atoms with E-state index < -0.39 is 0 Å². The van der Waals surface area contributed by atoms with Gasteiger partial charge in [0.1, 0.15) is 0 Å². The highest BCUT2D eigenvalue weighted by Gasteiger charge is 2.60. The maximum absolute atomic E-state index is 12.6. The zero-order chi connectivity index (χ0) is 24.5. The maximum Gasteiger partial charge on any atom is 0.436 e. The molecule has 8 atom stereocenters. The molecule has 34 heavy (non-hydrogen) atoms. The van der Waals surface area contributed by atoms with Gasteiger partial charge >= 0.3 is 6.09 Å². The lowest BCUT2D eigenvalue weighted by Crippen LogP contribution is -2.54. The monoisotopic (exact) mass is 475 g/mol. The van der Waals surface area contributed by atoms with E-state index in [0.29, 0.717) is 30.3 Å². The van der Waals surface area contributed by atoms with Crippen molar-refractivity contribution in [2.45, 2.75) is 98.5 Å². The van der Waals surface area contributed by atoms with Crippen molar-refractivity contribution in [3.05, 3.63) is 0 Å². The third kappa shape index (κ3) is 4.66. The van der Waals surface area contributed by atoms with Crippen molar-refractivity contribution in [1.29, 1.82) is 0 Å². The van der Waals surface area contributed by atoms with E-state index in [0.717, 1.165) is 55.8 Å². The maximum atomic E-state index is 12.6. The number of amides is 1. The SMILES string of the molecule is CCNCCN(CC)C(=O)O/N=C(\C)[C@H]1CC[C@H]2[C@@H]3CC[C@H]4C[C@@H](O)CC[C@]4(C)[C@H]3CC[C@]12C. The fraction of sp³-hybridized carbons (Fsp3) is 0.929. The Morgan fingerprint density at radius 3 is 2.53 bits per heavy atom. The van der Waals surface area contributed by atoms with E-state index in [1.54, 1.807) is 4.90 Å². The molecule has 0 saturated heterocycles. The molecule has 0 unspecified atom stereocenters. The van der Waals surface area contributed by atoms with Crippen LogP contribution in [0.3, 0.4) is 0 Å². The summed E-state index contributed by atoms with van der Waals surface area (Å²) in [7, 11) is 0. The second-order valence-electron chi connectivity index (χ2n) is 12.3. The number of oxime groups is 1. The Hall–Kier alpha value is -1.14. The lowest BCUT2D eigenvalue weighted by Gasteiger charge is -2.61. The minimum Gasteiger partial charge on any atom is -0.393 e. The summed E-state index contributed by atoms with van der Waals surface area (Å²) in [6.07, 6.45) is 10.4. The molecule has 0 bridgehead atoms. The lowest BCUT2D eigenvalue weighted by atomic mass is 9.44. The van der Waals surface area contributed by atoms with Crippen LogP contribution in [0.2, 0.25) is 0 Å². The Morgan fingerprint density at radius 2 is 1.79 bits per heavy atom. The number of carbonyl (C=O) groups is 1. The molecule has 0 aromatic rings. The molecule has 6 nitrogen and oxygen atoms in total. The minimum absolute atomic E-state index is 0.0764. The van der Waals surface area contributed by atoms with Crippen LogP contribution >= 0.6 is 0 Å². The number of carbonyl (C=O) groups excluding carboxylic acids is 1. The summed E-state index contributed by atoms with van der Waals surface area (Å²) >= 11 is 0. The summed E-state index contributed by atoms with van der Waals surface area (Å²) in [4.78, 5) is 19.7. The Morgan fingerprint density at radius 1 is 1.06 bits per heavy atom. The lowest BCUT2D eigenvalue weighted by molar-refractivity contribution is -0.123. The van der Waals surface area contributed by atoms with Crippen LogP contribution in [0.4, 0.5) is 4.79 Å². The molecule has 4 saturated carbocycles. The molecule has 0 heterocycles. The number of hydrogen-bond donors (Lipinski definition) is 2. The summed E-state index contributed by atoms with van der Waals surface area (Å²) < 4.78 is 0. The van der Waals surface area contributed by atoms with Gasteiger partial charge in [-0.3, -0.25) is 4.84 Å². The van der Waals surface area contributed by atoms with Gasteiger partial charge in [-0.1, -0.05) is 25.9 Å². The summed E-state index contributed by atoms with van der Waals surface area (Å²) in [6, 6.07) is 0. The van der Waals surface area contributed by atoms with Gasteiger partial charge in [0.25, 0.3) is 0 Å². The standard InChI is InChI=1S/C28H49N3O3/c1-6-29-16-17-31(7-2)26(33)34-30-19(3)23-10-11-24-22-9-8-20-18-21(32)12-14-27(20,4)25(22)13-15-28(23,24)5/h20-25,29,32H,6-18H2,1-5H3/b30-19+/t20-,21-,22-,23+,24-,25-,27-,28+/m0/s1. The third-order valence-electron chi connectivity index (χ3n) is 10.9. The Balaban J connectivity index is 1.42. The number of rotatable bonds is 7. The third-order valence-corrected chi connectivity index (χ3v) is 10.9. The Kier molecular flexibility index (Phi) is 7.98. The number of nitrogens with zero attached hydrogens (tertiary/aromatic N) is 2. The molecule has 0 spiro atoms. The van der Waals surface area contributed by atoms with Gasteiger partial charge in [0.2, 0.25) is 0 Å². The normalized spacial score (nSPS) is 41.9. The molecule has 4 aliphatic rings. The van der Waals surface area contributed by atoms with Gasteiger partial charge in [-0.05, 0) is 113 Å². The number of aliphatic hydroxyl groups is 1. The van der Waals surface area contributed by atoms with E-state index in [1.807, 2.05) is 6.92 Å². The molecular formula is C28H49N3O3. The summed E-state index contributed by atoms with van der Waals surface area (Å²) in [6.45, 7) is 14.1. The van der Waals surface area contributed by atoms with Crippen LogP contribution in [0.1, 0.15) is 92.4 Å². The topological polar surface area (TPSA) is 74.2 Å². The largest absolute Gasteiger partial charge is 0.436 e. The molecule has 6 heteroatoms. The van der Waals surface area contributed by atoms with Crippen LogP contribution in [-0.4, -0.2) is 54.1 Å². The van der Waals surface area contributed by atoms with E-state index in [2.05, 4.69) is 38.2 Å². The van der Waals surface area contributed by atoms with Crippen LogP contribution in [0.25, 0.3) is 0 Å². The molecule has 0 radical (unpaired) electrons. The molecule has 4 fully saturated rings. The Bertz CT molecular complexity index is 757. The summed E-state index contributed by atoms with van der Waals surface area (Å²) in [5, 5.41) is 18.0. The van der Waals surface area contributed by atoms with Gasteiger partial charge in [0.05, 0.1) is 11.8 Å². The van der Waals surface area contributed by atoms with Crippen molar-refractivity contribution in [1.82, 2.24) is 10.2 Å². The van der Waals surface area contributed by atoms with Crippen LogP contribution in [0, 0.1) is 40.4 Å². The molecule has 0 aromatic heterocycles. The summed E-state index contributed by atoms with van der Waals surface area (Å²) in [5.74, 6) is 3.46. The highest BCUT2D eigenvalue weighted by atomic mass is 16.7. The molecule has 194 valence electrons. The number of aliphatic hydroxyl groups excluding tert-OH is 1. The first-order valence-electron chi connectivity index (χ1n) is 14.1. The highest BCUT2D eigenvalue weighted by Crippen LogP contribution is 2.67. The van der Waals surface area contributed by atoms with Crippen molar-refractivity contribution >= 4 is 11.8 Å². The van der Waals surface area contributed by atoms with Gasteiger partial charge in [-0.15, -0.1) is 0 Å². The molecule has 4 rings (SSSR count). The smallest absolute Gasteiger partial charge is 0.393 e. The number of hydrogen-bond acceptors (Lipinski definition) is 5. The van der Waals surface area contributed by atoms with Gasteiger partial charge in [-0.25, -0.2) is 4.79 Å². The average Bonchev–Trinajstić information content (AvgIpc) is 3.18. The highest BCUT2D eigenvalue weighted by molar-refractivity contribution is 5.85. The first-order valence-corrected chi connectivity index (χ1v) is 14.1. The van der Waals surface area contributed by atoms with Gasteiger partial charge in [-0.2, -0.15) is 0 Å². The number of fused-ring (bicyclic) bond motifs is 5. The molecule has 0 aliphatic heterocycles. The van der Waals surface area contributed by atoms with Gasteiger partial charge in [0.15, 0.2) is 0 Å². The predicted molar refractivity (Wildman–Crippen MR) is 137 cm³/mol. The second-order valence-corrected chi connectivity index (χ2v) is 12.3. The zero-order valence-electron chi connectivity index (χ0n) is 22.3. The van der Waals surface area contributed by atoms with E-state index >= 15 is 0 Å². The van der Waals surface area contributed by atoms with Crippen LogP contribution in [-0.2, 0) is 4.84 Å². The molecule has 1 amide bonds. The van der Waals surface area contributed by atoms with Crippen molar-refractivity contribution in [2.24, 2.45) is 45.6 Å². The number of nitrogens with one attached hydrogen (secondary N) is 1. The molecule has 0 aromatic carbocycles. The molecular weight excluding hydrogens is 426 g/mol. The van der Waals surface area contributed by atoms with Crippen molar-refractivity contribution in [3.63, 3.8) is 0 Å². The quantitative estimate of drug-likeness (QED) is 0.222. The molecule has 4 aliphatic carbocycles. The van der Waals surface area contributed by atoms with Crippen LogP contribution in [0.15, 0.2) is 5.16 Å². The second kappa shape index (κ2) is 10.5. The van der Waals surface area contributed by atoms with Crippen molar-refractivity contribution < 1.29 is 14.7 Å². The minimum atomic E-state index is -0.339. The van der Waals surface area contributed by atoms with E-state index in [9.17, 15) is 9.90 Å².